The molecule has 2 N–H and O–H groups in total. The number of carbonyl (C=O) groups excluding carboxylic acids is 1. The largest absolute Gasteiger partial charge is 0.397 e. The van der Waals surface area contributed by atoms with Crippen molar-refractivity contribution in [2.45, 2.75) is 19.3 Å². The van der Waals surface area contributed by atoms with E-state index in [1.807, 2.05) is 29.2 Å². The highest BCUT2D eigenvalue weighted by Gasteiger charge is 2.22. The van der Waals surface area contributed by atoms with Gasteiger partial charge in [-0.3, -0.25) is 9.78 Å². The molecule has 0 saturated carbocycles. The summed E-state index contributed by atoms with van der Waals surface area (Å²) in [4.78, 5) is 18.9. The number of nitrogen functional groups attached to an aromatic ring is 1. The second-order valence-electron chi connectivity index (χ2n) is 6.13. The van der Waals surface area contributed by atoms with Crippen molar-refractivity contribution < 1.29 is 4.79 Å². The second kappa shape index (κ2) is 5.96. The summed E-state index contributed by atoms with van der Waals surface area (Å²) in [7, 11) is 0. The van der Waals surface area contributed by atoms with Gasteiger partial charge in [-0.25, -0.2) is 4.52 Å². The molecule has 0 atom stereocenters. The number of rotatable bonds is 2. The summed E-state index contributed by atoms with van der Waals surface area (Å²) in [5.74, 6) is 0.0625. The fourth-order valence-electron chi connectivity index (χ4n) is 3.26. The lowest BCUT2D eigenvalue weighted by Crippen LogP contribution is -2.35. The first-order chi connectivity index (χ1) is 11.7. The number of aromatic nitrogens is 3. The van der Waals surface area contributed by atoms with E-state index >= 15 is 0 Å². The van der Waals surface area contributed by atoms with Gasteiger partial charge in [0, 0.05) is 31.0 Å². The molecular formula is C18H19N5O. The summed E-state index contributed by atoms with van der Waals surface area (Å²) >= 11 is 0. The van der Waals surface area contributed by atoms with Crippen molar-refractivity contribution >= 4 is 17.1 Å². The fraction of sp³-hybridized carbons (Fsp3) is 0.278. The molecule has 6 heteroatoms. The number of likely N-dealkylation sites (tertiary alicyclic amines) is 1. The van der Waals surface area contributed by atoms with Crippen LogP contribution in [0.2, 0.25) is 0 Å². The molecule has 1 aliphatic heterocycles. The number of fused-ring (bicyclic) bond motifs is 1. The minimum absolute atomic E-state index is 0.0625. The predicted octanol–water partition coefficient (Wildman–Crippen LogP) is 2.60. The highest BCUT2D eigenvalue weighted by atomic mass is 16.2. The minimum atomic E-state index is 0.0625. The third kappa shape index (κ3) is 2.50. The minimum Gasteiger partial charge on any atom is -0.397 e. The normalized spacial score (nSPS) is 14.9. The Hall–Kier alpha value is -2.89. The van der Waals surface area contributed by atoms with Crippen LogP contribution < -0.4 is 5.73 Å². The molecular weight excluding hydrogens is 302 g/mol. The molecule has 1 fully saturated rings. The Kier molecular flexibility index (Phi) is 3.65. The van der Waals surface area contributed by atoms with Gasteiger partial charge >= 0.3 is 0 Å². The molecule has 3 aromatic rings. The predicted molar refractivity (Wildman–Crippen MR) is 92.6 cm³/mol. The average Bonchev–Trinajstić information content (AvgIpc) is 3.06. The Labute approximate surface area is 139 Å². The van der Waals surface area contributed by atoms with E-state index < -0.39 is 0 Å². The topological polar surface area (TPSA) is 76.5 Å². The van der Waals surface area contributed by atoms with Gasteiger partial charge in [-0.05, 0) is 37.5 Å². The standard InChI is InChI=1S/C18H19N5O/c19-14-9-13(10-20-11-14)16-5-4-6-17-15(12-21-23(16)17)18(24)22-7-2-1-3-8-22/h4-6,9-12H,1-3,7-8,19H2. The molecule has 0 aromatic carbocycles. The van der Waals surface area contributed by atoms with Crippen LogP contribution in [0, 0.1) is 0 Å². The van der Waals surface area contributed by atoms with Crippen molar-refractivity contribution in [1.29, 1.82) is 0 Å². The molecule has 122 valence electrons. The Morgan fingerprint density at radius 2 is 1.92 bits per heavy atom. The van der Waals surface area contributed by atoms with Crippen molar-refractivity contribution in [3.05, 3.63) is 48.4 Å². The Bertz CT molecular complexity index is 895. The molecule has 0 bridgehead atoms. The zero-order chi connectivity index (χ0) is 16.5. The zero-order valence-electron chi connectivity index (χ0n) is 13.4. The van der Waals surface area contributed by atoms with E-state index in [2.05, 4.69) is 10.1 Å². The number of carbonyl (C=O) groups is 1. The Morgan fingerprint density at radius 1 is 1.08 bits per heavy atom. The number of anilines is 1. The van der Waals surface area contributed by atoms with Gasteiger partial charge in [-0.2, -0.15) is 5.10 Å². The molecule has 4 heterocycles. The molecule has 0 unspecified atom stereocenters. The van der Waals surface area contributed by atoms with Crippen LogP contribution in [0.15, 0.2) is 42.9 Å². The van der Waals surface area contributed by atoms with Crippen molar-refractivity contribution in [3.63, 3.8) is 0 Å². The van der Waals surface area contributed by atoms with E-state index in [1.54, 1.807) is 23.1 Å². The lowest BCUT2D eigenvalue weighted by atomic mass is 10.1. The first kappa shape index (κ1) is 14.7. The summed E-state index contributed by atoms with van der Waals surface area (Å²) in [5, 5.41) is 4.44. The molecule has 24 heavy (non-hydrogen) atoms. The van der Waals surface area contributed by atoms with Crippen LogP contribution in [-0.2, 0) is 0 Å². The van der Waals surface area contributed by atoms with E-state index in [0.717, 1.165) is 42.7 Å². The first-order valence-electron chi connectivity index (χ1n) is 8.21. The third-order valence-electron chi connectivity index (χ3n) is 4.47. The van der Waals surface area contributed by atoms with Crippen LogP contribution in [0.5, 0.6) is 0 Å². The summed E-state index contributed by atoms with van der Waals surface area (Å²) in [5.41, 5.74) is 9.64. The van der Waals surface area contributed by atoms with Gasteiger partial charge in [0.15, 0.2) is 0 Å². The van der Waals surface area contributed by atoms with Gasteiger partial charge in [0.25, 0.3) is 5.91 Å². The number of piperidine rings is 1. The highest BCUT2D eigenvalue weighted by molar-refractivity contribution is 6.01. The molecule has 0 spiro atoms. The Morgan fingerprint density at radius 3 is 2.71 bits per heavy atom. The summed E-state index contributed by atoms with van der Waals surface area (Å²) < 4.78 is 1.79. The van der Waals surface area contributed by atoms with E-state index in [4.69, 9.17) is 5.73 Å². The number of hydrogen-bond acceptors (Lipinski definition) is 4. The Balaban J connectivity index is 1.77. The van der Waals surface area contributed by atoms with E-state index in [-0.39, 0.29) is 5.91 Å². The maximum Gasteiger partial charge on any atom is 0.257 e. The lowest BCUT2D eigenvalue weighted by Gasteiger charge is -2.26. The first-order valence-corrected chi connectivity index (χ1v) is 8.21. The van der Waals surface area contributed by atoms with Crippen molar-refractivity contribution in [2.75, 3.05) is 18.8 Å². The SMILES string of the molecule is Nc1cncc(-c2cccc3c(C(=O)N4CCCCC4)cnn23)c1. The van der Waals surface area contributed by atoms with Crippen molar-refractivity contribution in [2.24, 2.45) is 0 Å². The van der Waals surface area contributed by atoms with Gasteiger partial charge in [0.2, 0.25) is 0 Å². The number of nitrogens with zero attached hydrogens (tertiary/aromatic N) is 4. The average molecular weight is 321 g/mol. The molecule has 0 radical (unpaired) electrons. The molecule has 0 aliphatic carbocycles. The fourth-order valence-corrected chi connectivity index (χ4v) is 3.26. The van der Waals surface area contributed by atoms with Gasteiger partial charge in [0.05, 0.1) is 28.7 Å². The van der Waals surface area contributed by atoms with Crippen molar-refractivity contribution in [3.8, 4) is 11.3 Å². The monoisotopic (exact) mass is 321 g/mol. The van der Waals surface area contributed by atoms with Crippen LogP contribution in [0.4, 0.5) is 5.69 Å². The number of hydrogen-bond donors (Lipinski definition) is 1. The molecule has 1 amide bonds. The van der Waals surface area contributed by atoms with Crippen LogP contribution in [-0.4, -0.2) is 38.5 Å². The lowest BCUT2D eigenvalue weighted by molar-refractivity contribution is 0.0726. The van der Waals surface area contributed by atoms with Gasteiger partial charge < -0.3 is 10.6 Å². The van der Waals surface area contributed by atoms with Crippen LogP contribution in [0.1, 0.15) is 29.6 Å². The molecule has 1 aliphatic rings. The smallest absolute Gasteiger partial charge is 0.257 e. The highest BCUT2D eigenvalue weighted by Crippen LogP contribution is 2.24. The van der Waals surface area contributed by atoms with E-state index in [0.29, 0.717) is 11.3 Å². The maximum atomic E-state index is 12.8. The third-order valence-corrected chi connectivity index (χ3v) is 4.47. The quantitative estimate of drug-likeness (QED) is 0.787. The molecule has 6 nitrogen and oxygen atoms in total. The zero-order valence-corrected chi connectivity index (χ0v) is 13.4. The van der Waals surface area contributed by atoms with Crippen molar-refractivity contribution in [1.82, 2.24) is 19.5 Å². The molecule has 3 aromatic heterocycles. The maximum absolute atomic E-state index is 12.8. The number of pyridine rings is 2. The summed E-state index contributed by atoms with van der Waals surface area (Å²) in [6.07, 6.45) is 8.37. The summed E-state index contributed by atoms with van der Waals surface area (Å²) in [6.45, 7) is 1.66. The van der Waals surface area contributed by atoms with E-state index in [9.17, 15) is 4.79 Å². The van der Waals surface area contributed by atoms with Gasteiger partial charge in [-0.15, -0.1) is 0 Å². The van der Waals surface area contributed by atoms with Gasteiger partial charge in [0.1, 0.15) is 0 Å². The van der Waals surface area contributed by atoms with E-state index in [1.165, 1.54) is 6.42 Å². The number of amides is 1. The number of nitrogens with two attached hydrogens (primary N) is 1. The summed E-state index contributed by atoms with van der Waals surface area (Å²) in [6, 6.07) is 7.66. The molecule has 1 saturated heterocycles. The van der Waals surface area contributed by atoms with Crippen LogP contribution in [0.3, 0.4) is 0 Å². The van der Waals surface area contributed by atoms with Crippen LogP contribution in [0.25, 0.3) is 16.8 Å². The van der Waals surface area contributed by atoms with Crippen LogP contribution >= 0.6 is 0 Å². The van der Waals surface area contributed by atoms with Gasteiger partial charge in [-0.1, -0.05) is 6.07 Å². The second-order valence-corrected chi connectivity index (χ2v) is 6.13. The molecule has 4 rings (SSSR count).